The molecular weight excluding hydrogens is 262 g/mol. The number of rotatable bonds is 6. The number of hydrogen-bond donors (Lipinski definition) is 0. The number of methoxy groups -OCH3 is 1. The van der Waals surface area contributed by atoms with Gasteiger partial charge >= 0.3 is 5.69 Å². The van der Waals surface area contributed by atoms with Crippen molar-refractivity contribution in [2.24, 2.45) is 0 Å². The summed E-state index contributed by atoms with van der Waals surface area (Å²) in [6.45, 7) is 2.77. The van der Waals surface area contributed by atoms with E-state index >= 15 is 0 Å². The Labute approximate surface area is 115 Å². The van der Waals surface area contributed by atoms with Crippen LogP contribution >= 0.6 is 0 Å². The minimum absolute atomic E-state index is 0.110. The lowest BCUT2D eigenvalue weighted by Crippen LogP contribution is -2.09. The van der Waals surface area contributed by atoms with Crippen LogP contribution in [0.3, 0.4) is 0 Å². The quantitative estimate of drug-likeness (QED) is 0.597. The summed E-state index contributed by atoms with van der Waals surface area (Å²) >= 11 is 0. The first-order valence-corrected chi connectivity index (χ1v) is 6.04. The van der Waals surface area contributed by atoms with Crippen LogP contribution in [0, 0.1) is 17.0 Å². The number of nitro groups is 1. The van der Waals surface area contributed by atoms with Gasteiger partial charge in [0.05, 0.1) is 30.8 Å². The summed E-state index contributed by atoms with van der Waals surface area (Å²) in [6.07, 6.45) is 3.63. The molecule has 2 rings (SSSR count). The van der Waals surface area contributed by atoms with E-state index in [0.29, 0.717) is 18.9 Å². The van der Waals surface area contributed by atoms with E-state index in [-0.39, 0.29) is 11.4 Å². The van der Waals surface area contributed by atoms with Crippen molar-refractivity contribution in [3.63, 3.8) is 0 Å². The molecule has 1 aromatic heterocycles. The SMILES string of the molecule is COc1ccc(OCCn2cc(C)cn2)c([N+](=O)[O-])c1. The lowest BCUT2D eigenvalue weighted by Gasteiger charge is -2.08. The average molecular weight is 277 g/mol. The monoisotopic (exact) mass is 277 g/mol. The van der Waals surface area contributed by atoms with Crippen molar-refractivity contribution < 1.29 is 14.4 Å². The number of nitrogens with zero attached hydrogens (tertiary/aromatic N) is 3. The Bertz CT molecular complexity index is 609. The van der Waals surface area contributed by atoms with Crippen LogP contribution in [0.25, 0.3) is 0 Å². The first-order valence-electron chi connectivity index (χ1n) is 6.04. The molecule has 20 heavy (non-hydrogen) atoms. The highest BCUT2D eigenvalue weighted by atomic mass is 16.6. The number of hydrogen-bond acceptors (Lipinski definition) is 5. The van der Waals surface area contributed by atoms with Gasteiger partial charge in [-0.1, -0.05) is 0 Å². The Kier molecular flexibility index (Phi) is 4.19. The number of benzene rings is 1. The largest absolute Gasteiger partial charge is 0.496 e. The molecule has 2 aromatic rings. The summed E-state index contributed by atoms with van der Waals surface area (Å²) in [6, 6.07) is 4.50. The van der Waals surface area contributed by atoms with Gasteiger partial charge in [-0.15, -0.1) is 0 Å². The summed E-state index contributed by atoms with van der Waals surface area (Å²) < 4.78 is 12.1. The molecule has 0 N–H and O–H groups in total. The maximum absolute atomic E-state index is 11.0. The zero-order valence-corrected chi connectivity index (χ0v) is 11.3. The lowest BCUT2D eigenvalue weighted by molar-refractivity contribution is -0.385. The summed E-state index contributed by atoms with van der Waals surface area (Å²) in [5.41, 5.74) is 0.946. The fourth-order valence-electron chi connectivity index (χ4n) is 1.73. The molecule has 0 aliphatic rings. The van der Waals surface area contributed by atoms with Crippen LogP contribution in [0.5, 0.6) is 11.5 Å². The molecule has 1 aromatic carbocycles. The zero-order valence-electron chi connectivity index (χ0n) is 11.3. The van der Waals surface area contributed by atoms with Crippen LogP contribution in [0.15, 0.2) is 30.6 Å². The van der Waals surface area contributed by atoms with Gasteiger partial charge in [-0.2, -0.15) is 5.10 Å². The van der Waals surface area contributed by atoms with Crippen LogP contribution in [0.2, 0.25) is 0 Å². The van der Waals surface area contributed by atoms with Crippen molar-refractivity contribution in [3.05, 3.63) is 46.3 Å². The molecule has 0 fully saturated rings. The van der Waals surface area contributed by atoms with Gasteiger partial charge in [-0.25, -0.2) is 0 Å². The Balaban J connectivity index is 2.03. The fraction of sp³-hybridized carbons (Fsp3) is 0.308. The molecule has 106 valence electrons. The summed E-state index contributed by atoms with van der Waals surface area (Å²) in [5, 5.41) is 15.1. The molecular formula is C13H15N3O4. The molecule has 0 saturated carbocycles. The van der Waals surface area contributed by atoms with Gasteiger partial charge in [-0.3, -0.25) is 14.8 Å². The standard InChI is InChI=1S/C13H15N3O4/c1-10-8-14-15(9-10)5-6-20-13-4-3-11(19-2)7-12(13)16(17)18/h3-4,7-9H,5-6H2,1-2H3. The Morgan fingerprint density at radius 3 is 2.85 bits per heavy atom. The maximum atomic E-state index is 11.0. The van der Waals surface area contributed by atoms with Crippen LogP contribution in [-0.2, 0) is 6.54 Å². The molecule has 0 amide bonds. The van der Waals surface area contributed by atoms with Crippen LogP contribution in [-0.4, -0.2) is 28.4 Å². The van der Waals surface area contributed by atoms with Gasteiger partial charge in [0, 0.05) is 6.20 Å². The van der Waals surface area contributed by atoms with E-state index in [9.17, 15) is 10.1 Å². The minimum atomic E-state index is -0.490. The van der Waals surface area contributed by atoms with Gasteiger partial charge < -0.3 is 9.47 Å². The molecule has 0 aliphatic carbocycles. The molecule has 0 atom stereocenters. The van der Waals surface area contributed by atoms with E-state index in [2.05, 4.69) is 5.10 Å². The number of nitro benzene ring substituents is 1. The smallest absolute Gasteiger partial charge is 0.314 e. The Morgan fingerprint density at radius 2 is 2.25 bits per heavy atom. The molecule has 0 aliphatic heterocycles. The van der Waals surface area contributed by atoms with Crippen molar-refractivity contribution >= 4 is 5.69 Å². The minimum Gasteiger partial charge on any atom is -0.496 e. The van der Waals surface area contributed by atoms with Gasteiger partial charge in [0.25, 0.3) is 0 Å². The van der Waals surface area contributed by atoms with Crippen molar-refractivity contribution in [1.29, 1.82) is 0 Å². The van der Waals surface area contributed by atoms with Crippen molar-refractivity contribution in [2.75, 3.05) is 13.7 Å². The van der Waals surface area contributed by atoms with E-state index in [1.165, 1.54) is 19.2 Å². The highest BCUT2D eigenvalue weighted by molar-refractivity contribution is 5.50. The van der Waals surface area contributed by atoms with Gasteiger partial charge in [-0.05, 0) is 24.6 Å². The fourth-order valence-corrected chi connectivity index (χ4v) is 1.73. The second-order valence-corrected chi connectivity index (χ2v) is 4.22. The number of ether oxygens (including phenoxy) is 2. The third-order valence-electron chi connectivity index (χ3n) is 2.70. The van der Waals surface area contributed by atoms with Crippen LogP contribution < -0.4 is 9.47 Å². The van der Waals surface area contributed by atoms with Crippen molar-refractivity contribution in [2.45, 2.75) is 13.5 Å². The van der Waals surface area contributed by atoms with E-state index in [4.69, 9.17) is 9.47 Å². The topological polar surface area (TPSA) is 79.4 Å². The molecule has 0 bridgehead atoms. The Hall–Kier alpha value is -2.57. The molecule has 7 heteroatoms. The highest BCUT2D eigenvalue weighted by Crippen LogP contribution is 2.30. The van der Waals surface area contributed by atoms with Crippen LogP contribution in [0.1, 0.15) is 5.56 Å². The molecule has 0 saturated heterocycles. The predicted molar refractivity (Wildman–Crippen MR) is 72.1 cm³/mol. The predicted octanol–water partition coefficient (Wildman–Crippen LogP) is 2.19. The molecule has 0 radical (unpaired) electrons. The summed E-state index contributed by atoms with van der Waals surface area (Å²) in [5.74, 6) is 0.645. The zero-order chi connectivity index (χ0) is 14.5. The van der Waals surface area contributed by atoms with Gasteiger partial charge in [0.2, 0.25) is 0 Å². The molecule has 1 heterocycles. The lowest BCUT2D eigenvalue weighted by atomic mass is 10.3. The molecule has 7 nitrogen and oxygen atoms in total. The first kappa shape index (κ1) is 13.9. The first-order chi connectivity index (χ1) is 9.60. The second-order valence-electron chi connectivity index (χ2n) is 4.22. The van der Waals surface area contributed by atoms with Crippen LogP contribution in [0.4, 0.5) is 5.69 Å². The van der Waals surface area contributed by atoms with E-state index in [0.717, 1.165) is 5.56 Å². The highest BCUT2D eigenvalue weighted by Gasteiger charge is 2.16. The summed E-state index contributed by atoms with van der Waals surface area (Å²) in [4.78, 5) is 10.5. The van der Waals surface area contributed by atoms with Gasteiger partial charge in [0.15, 0.2) is 5.75 Å². The van der Waals surface area contributed by atoms with E-state index < -0.39 is 4.92 Å². The third kappa shape index (κ3) is 3.25. The molecule has 0 spiro atoms. The third-order valence-corrected chi connectivity index (χ3v) is 2.70. The van der Waals surface area contributed by atoms with Crippen molar-refractivity contribution in [1.82, 2.24) is 9.78 Å². The number of aryl methyl sites for hydroxylation is 1. The van der Waals surface area contributed by atoms with E-state index in [1.54, 1.807) is 16.9 Å². The Morgan fingerprint density at radius 1 is 1.45 bits per heavy atom. The second kappa shape index (κ2) is 6.05. The maximum Gasteiger partial charge on any atom is 0.314 e. The number of aromatic nitrogens is 2. The van der Waals surface area contributed by atoms with E-state index in [1.807, 2.05) is 13.1 Å². The van der Waals surface area contributed by atoms with Crippen molar-refractivity contribution in [3.8, 4) is 11.5 Å². The van der Waals surface area contributed by atoms with Gasteiger partial charge in [0.1, 0.15) is 12.4 Å². The normalized spacial score (nSPS) is 10.3. The average Bonchev–Trinajstić information content (AvgIpc) is 2.84. The molecule has 0 unspecified atom stereocenters. The summed E-state index contributed by atoms with van der Waals surface area (Å²) in [7, 11) is 1.46.